The maximum Gasteiger partial charge on any atom is 0.312 e. The van der Waals surface area contributed by atoms with Crippen LogP contribution in [-0.4, -0.2) is 41.8 Å². The second kappa shape index (κ2) is 4.29. The van der Waals surface area contributed by atoms with E-state index in [-0.39, 0.29) is 12.3 Å². The van der Waals surface area contributed by atoms with Gasteiger partial charge >= 0.3 is 5.97 Å². The summed E-state index contributed by atoms with van der Waals surface area (Å²) in [4.78, 5) is 24.7. The highest BCUT2D eigenvalue weighted by molar-refractivity contribution is 5.79. The van der Waals surface area contributed by atoms with Crippen LogP contribution in [0.15, 0.2) is 0 Å². The van der Waals surface area contributed by atoms with Crippen molar-refractivity contribution in [3.05, 3.63) is 0 Å². The minimum Gasteiger partial charge on any atom is -0.433 e. The van der Waals surface area contributed by atoms with Crippen molar-refractivity contribution in [2.45, 2.75) is 39.4 Å². The lowest BCUT2D eigenvalue weighted by molar-refractivity contribution is -0.208. The zero-order valence-corrected chi connectivity index (χ0v) is 11.1. The van der Waals surface area contributed by atoms with Gasteiger partial charge in [-0.05, 0) is 6.42 Å². The summed E-state index contributed by atoms with van der Waals surface area (Å²) in [5.74, 6) is -2.36. The van der Waals surface area contributed by atoms with Gasteiger partial charge in [0, 0.05) is 32.9 Å². The first-order chi connectivity index (χ1) is 7.59. The van der Waals surface area contributed by atoms with Crippen molar-refractivity contribution in [3.63, 3.8) is 0 Å². The average molecular weight is 243 g/mol. The Labute approximate surface area is 102 Å². The highest BCUT2D eigenvalue weighted by atomic mass is 16.7. The molecule has 1 heterocycles. The van der Waals surface area contributed by atoms with Crippen LogP contribution < -0.4 is 0 Å². The van der Waals surface area contributed by atoms with E-state index in [4.69, 9.17) is 4.74 Å². The summed E-state index contributed by atoms with van der Waals surface area (Å²) in [6.07, 6.45) is 0.686. The smallest absolute Gasteiger partial charge is 0.312 e. The number of ether oxygens (including phenoxy) is 1. The molecule has 1 aliphatic heterocycles. The third-order valence-electron chi connectivity index (χ3n) is 3.80. The van der Waals surface area contributed by atoms with Crippen molar-refractivity contribution in [2.75, 3.05) is 14.1 Å². The van der Waals surface area contributed by atoms with Crippen molar-refractivity contribution in [1.82, 2.24) is 4.90 Å². The minimum atomic E-state index is -1.46. The maximum absolute atomic E-state index is 11.7. The van der Waals surface area contributed by atoms with E-state index in [1.165, 1.54) is 11.8 Å². The molecule has 1 rings (SSSR count). The molecule has 5 nitrogen and oxygen atoms in total. The first-order valence-electron chi connectivity index (χ1n) is 5.75. The lowest BCUT2D eigenvalue weighted by atomic mass is 9.73. The van der Waals surface area contributed by atoms with E-state index in [2.05, 4.69) is 0 Å². The SMILES string of the molecule is CN(C)C(=O)CC[C@@H]1C(=O)O[C@](C)(O)C1(C)C. The lowest BCUT2D eigenvalue weighted by Crippen LogP contribution is -2.41. The molecule has 0 aromatic carbocycles. The number of hydrogen-bond acceptors (Lipinski definition) is 4. The zero-order chi connectivity index (χ0) is 13.4. The van der Waals surface area contributed by atoms with Crippen LogP contribution in [0.4, 0.5) is 0 Å². The molecule has 0 aromatic heterocycles. The van der Waals surface area contributed by atoms with Gasteiger partial charge in [0.15, 0.2) is 0 Å². The van der Waals surface area contributed by atoms with Crippen molar-refractivity contribution >= 4 is 11.9 Å². The summed E-state index contributed by atoms with van der Waals surface area (Å²) in [5.41, 5.74) is -0.684. The molecule has 0 radical (unpaired) electrons. The molecule has 1 fully saturated rings. The highest BCUT2D eigenvalue weighted by Gasteiger charge is 2.57. The largest absolute Gasteiger partial charge is 0.433 e. The molecule has 0 unspecified atom stereocenters. The molecule has 2 atom stereocenters. The minimum absolute atomic E-state index is 0.0276. The highest BCUT2D eigenvalue weighted by Crippen LogP contribution is 2.47. The Kier molecular flexibility index (Phi) is 3.52. The van der Waals surface area contributed by atoms with Crippen LogP contribution in [0.1, 0.15) is 33.6 Å². The van der Waals surface area contributed by atoms with Crippen LogP contribution in [0.3, 0.4) is 0 Å². The molecule has 98 valence electrons. The van der Waals surface area contributed by atoms with Gasteiger partial charge in [0.2, 0.25) is 11.7 Å². The molecule has 0 aromatic rings. The number of carbonyl (C=O) groups excluding carboxylic acids is 2. The Morgan fingerprint density at radius 2 is 1.94 bits per heavy atom. The molecular formula is C12H21NO4. The van der Waals surface area contributed by atoms with Crippen molar-refractivity contribution in [3.8, 4) is 0 Å². The number of amides is 1. The number of hydrogen-bond donors (Lipinski definition) is 1. The number of rotatable bonds is 3. The van der Waals surface area contributed by atoms with Crippen molar-refractivity contribution < 1.29 is 19.4 Å². The van der Waals surface area contributed by atoms with Crippen LogP contribution >= 0.6 is 0 Å². The van der Waals surface area contributed by atoms with Crippen LogP contribution in [0.5, 0.6) is 0 Å². The van der Waals surface area contributed by atoms with Gasteiger partial charge in [-0.25, -0.2) is 0 Å². The summed E-state index contributed by atoms with van der Waals surface area (Å²) in [7, 11) is 3.35. The number of aliphatic hydroxyl groups is 1. The topological polar surface area (TPSA) is 66.8 Å². The third-order valence-corrected chi connectivity index (χ3v) is 3.80. The Bertz CT molecular complexity index is 333. The molecule has 1 amide bonds. The summed E-state index contributed by atoms with van der Waals surface area (Å²) >= 11 is 0. The molecular weight excluding hydrogens is 222 g/mol. The zero-order valence-electron chi connectivity index (χ0n) is 11.1. The van der Waals surface area contributed by atoms with Crippen LogP contribution in [0.2, 0.25) is 0 Å². The first kappa shape index (κ1) is 14.0. The van der Waals surface area contributed by atoms with E-state index in [0.717, 1.165) is 0 Å². The molecule has 1 N–H and O–H groups in total. The van der Waals surface area contributed by atoms with E-state index in [1.807, 2.05) is 0 Å². The molecule has 0 bridgehead atoms. The van der Waals surface area contributed by atoms with Crippen LogP contribution in [-0.2, 0) is 14.3 Å². The van der Waals surface area contributed by atoms with Crippen LogP contribution in [0, 0.1) is 11.3 Å². The second-order valence-electron chi connectivity index (χ2n) is 5.51. The lowest BCUT2D eigenvalue weighted by Gasteiger charge is -2.32. The first-order valence-corrected chi connectivity index (χ1v) is 5.75. The molecule has 1 aliphatic rings. The van der Waals surface area contributed by atoms with Gasteiger partial charge in [-0.15, -0.1) is 0 Å². The standard InChI is InChI=1S/C12H21NO4/c1-11(2)8(6-7-9(14)13(4)5)10(15)17-12(11,3)16/h8,16H,6-7H2,1-5H3/t8-,12+/m1/s1. The van der Waals surface area contributed by atoms with Gasteiger partial charge in [-0.2, -0.15) is 0 Å². The van der Waals surface area contributed by atoms with Gasteiger partial charge in [0.1, 0.15) is 0 Å². The van der Waals surface area contributed by atoms with Gasteiger partial charge in [0.25, 0.3) is 0 Å². The molecule has 0 spiro atoms. The fraction of sp³-hybridized carbons (Fsp3) is 0.833. The summed E-state index contributed by atoms with van der Waals surface area (Å²) in [6.45, 7) is 5.05. The predicted molar refractivity (Wildman–Crippen MR) is 61.9 cm³/mol. The fourth-order valence-corrected chi connectivity index (χ4v) is 1.99. The van der Waals surface area contributed by atoms with E-state index in [1.54, 1.807) is 27.9 Å². The van der Waals surface area contributed by atoms with E-state index < -0.39 is 23.1 Å². The number of carbonyl (C=O) groups is 2. The molecule has 1 saturated heterocycles. The molecule has 5 heteroatoms. The predicted octanol–water partition coefficient (Wildman–Crippen LogP) is 0.762. The number of cyclic esters (lactones) is 1. The maximum atomic E-state index is 11.7. The van der Waals surface area contributed by atoms with Crippen molar-refractivity contribution in [2.24, 2.45) is 11.3 Å². The Hall–Kier alpha value is -1.10. The third kappa shape index (κ3) is 2.44. The fourth-order valence-electron chi connectivity index (χ4n) is 1.99. The quantitative estimate of drug-likeness (QED) is 0.743. The summed E-state index contributed by atoms with van der Waals surface area (Å²) in [6, 6.07) is 0. The van der Waals surface area contributed by atoms with Crippen molar-refractivity contribution in [1.29, 1.82) is 0 Å². The van der Waals surface area contributed by atoms with Gasteiger partial charge in [-0.1, -0.05) is 13.8 Å². The summed E-state index contributed by atoms with van der Waals surface area (Å²) in [5, 5.41) is 10.00. The Balaban J connectivity index is 2.72. The van der Waals surface area contributed by atoms with Crippen LogP contribution in [0.25, 0.3) is 0 Å². The second-order valence-corrected chi connectivity index (χ2v) is 5.51. The summed E-state index contributed by atoms with van der Waals surface area (Å²) < 4.78 is 4.96. The van der Waals surface area contributed by atoms with Gasteiger partial charge < -0.3 is 14.7 Å². The Morgan fingerprint density at radius 1 is 1.41 bits per heavy atom. The monoisotopic (exact) mass is 243 g/mol. The van der Waals surface area contributed by atoms with E-state index in [0.29, 0.717) is 6.42 Å². The molecule has 0 aliphatic carbocycles. The number of esters is 1. The molecule has 17 heavy (non-hydrogen) atoms. The normalized spacial score (nSPS) is 31.2. The van der Waals surface area contributed by atoms with Gasteiger partial charge in [-0.3, -0.25) is 9.59 Å². The van der Waals surface area contributed by atoms with Gasteiger partial charge in [0.05, 0.1) is 5.92 Å². The number of nitrogens with zero attached hydrogens (tertiary/aromatic N) is 1. The van der Waals surface area contributed by atoms with E-state index in [9.17, 15) is 14.7 Å². The molecule has 0 saturated carbocycles. The average Bonchev–Trinajstić information content (AvgIpc) is 2.29. The van der Waals surface area contributed by atoms with E-state index >= 15 is 0 Å². The Morgan fingerprint density at radius 3 is 2.29 bits per heavy atom.